The largest absolute Gasteiger partial charge is 0.508 e. The zero-order valence-corrected chi connectivity index (χ0v) is 9.36. The summed E-state index contributed by atoms with van der Waals surface area (Å²) in [6, 6.07) is 10.7. The smallest absolute Gasteiger partial charge is 0.119 e. The molecule has 2 rings (SSSR count). The summed E-state index contributed by atoms with van der Waals surface area (Å²) >= 11 is 0. The van der Waals surface area contributed by atoms with Gasteiger partial charge < -0.3 is 10.2 Å². The third kappa shape index (κ3) is 1.87. The SMILES string of the molecule is Cc1cc(C)c(-c2cccc(O)c2)cc1O. The molecule has 2 N–H and O–H groups in total. The minimum atomic E-state index is 0.233. The first kappa shape index (κ1) is 10.6. The van der Waals surface area contributed by atoms with Crippen molar-refractivity contribution in [3.05, 3.63) is 47.5 Å². The van der Waals surface area contributed by atoms with Gasteiger partial charge in [-0.15, -0.1) is 0 Å². The second-order valence-electron chi connectivity index (χ2n) is 4.00. The monoisotopic (exact) mass is 214 g/mol. The Labute approximate surface area is 94.8 Å². The van der Waals surface area contributed by atoms with Crippen LogP contribution in [0.1, 0.15) is 11.1 Å². The van der Waals surface area contributed by atoms with Gasteiger partial charge in [0.2, 0.25) is 0 Å². The van der Waals surface area contributed by atoms with Crippen LogP contribution < -0.4 is 0 Å². The summed E-state index contributed by atoms with van der Waals surface area (Å²) in [6.07, 6.45) is 0. The van der Waals surface area contributed by atoms with Gasteiger partial charge in [0.25, 0.3) is 0 Å². The lowest BCUT2D eigenvalue weighted by Crippen LogP contribution is -1.85. The molecule has 0 atom stereocenters. The summed E-state index contributed by atoms with van der Waals surface area (Å²) in [5.74, 6) is 0.515. The first-order valence-electron chi connectivity index (χ1n) is 5.17. The Kier molecular flexibility index (Phi) is 2.57. The van der Waals surface area contributed by atoms with Crippen molar-refractivity contribution in [3.63, 3.8) is 0 Å². The molecule has 0 aliphatic heterocycles. The molecule has 16 heavy (non-hydrogen) atoms. The van der Waals surface area contributed by atoms with Gasteiger partial charge in [0.05, 0.1) is 0 Å². The van der Waals surface area contributed by atoms with E-state index < -0.39 is 0 Å². The number of phenols is 2. The van der Waals surface area contributed by atoms with Crippen LogP contribution in [0.5, 0.6) is 11.5 Å². The van der Waals surface area contributed by atoms with Crippen LogP contribution >= 0.6 is 0 Å². The zero-order valence-electron chi connectivity index (χ0n) is 9.36. The molecule has 0 aliphatic carbocycles. The van der Waals surface area contributed by atoms with Gasteiger partial charge in [-0.05, 0) is 54.3 Å². The van der Waals surface area contributed by atoms with Crippen LogP contribution in [0.3, 0.4) is 0 Å². The molecule has 82 valence electrons. The molecular weight excluding hydrogens is 200 g/mol. The van der Waals surface area contributed by atoms with Crippen molar-refractivity contribution < 1.29 is 10.2 Å². The van der Waals surface area contributed by atoms with Crippen molar-refractivity contribution in [2.24, 2.45) is 0 Å². The van der Waals surface area contributed by atoms with E-state index >= 15 is 0 Å². The maximum atomic E-state index is 9.69. The Bertz CT molecular complexity index is 530. The minimum Gasteiger partial charge on any atom is -0.508 e. The number of aryl methyl sites for hydroxylation is 2. The lowest BCUT2D eigenvalue weighted by atomic mass is 9.98. The van der Waals surface area contributed by atoms with Crippen LogP contribution in [0, 0.1) is 13.8 Å². The fourth-order valence-corrected chi connectivity index (χ4v) is 1.83. The minimum absolute atomic E-state index is 0.233. The number of hydrogen-bond donors (Lipinski definition) is 2. The van der Waals surface area contributed by atoms with Gasteiger partial charge in [-0.3, -0.25) is 0 Å². The van der Waals surface area contributed by atoms with E-state index in [-0.39, 0.29) is 11.5 Å². The fourth-order valence-electron chi connectivity index (χ4n) is 1.83. The van der Waals surface area contributed by atoms with Crippen LogP contribution in [0.2, 0.25) is 0 Å². The lowest BCUT2D eigenvalue weighted by molar-refractivity contribution is 0.471. The maximum Gasteiger partial charge on any atom is 0.119 e. The molecule has 0 bridgehead atoms. The van der Waals surface area contributed by atoms with E-state index in [1.807, 2.05) is 26.0 Å². The van der Waals surface area contributed by atoms with Gasteiger partial charge in [-0.2, -0.15) is 0 Å². The van der Waals surface area contributed by atoms with Gasteiger partial charge in [0.1, 0.15) is 11.5 Å². The molecule has 0 aliphatic rings. The first-order valence-corrected chi connectivity index (χ1v) is 5.17. The Hall–Kier alpha value is -1.96. The highest BCUT2D eigenvalue weighted by atomic mass is 16.3. The lowest BCUT2D eigenvalue weighted by Gasteiger charge is -2.09. The number of benzene rings is 2. The predicted octanol–water partition coefficient (Wildman–Crippen LogP) is 3.38. The van der Waals surface area contributed by atoms with E-state index in [9.17, 15) is 10.2 Å². The van der Waals surface area contributed by atoms with E-state index in [1.165, 1.54) is 0 Å². The third-order valence-electron chi connectivity index (χ3n) is 2.70. The van der Waals surface area contributed by atoms with Gasteiger partial charge in [0, 0.05) is 0 Å². The molecular formula is C14H14O2. The van der Waals surface area contributed by atoms with Crippen molar-refractivity contribution in [1.29, 1.82) is 0 Å². The molecule has 2 nitrogen and oxygen atoms in total. The molecule has 0 heterocycles. The molecule has 0 saturated heterocycles. The molecule has 2 aromatic carbocycles. The molecule has 0 fully saturated rings. The molecule has 0 saturated carbocycles. The normalized spacial score (nSPS) is 10.4. The molecule has 2 heteroatoms. The summed E-state index contributed by atoms with van der Waals surface area (Å²) in [6.45, 7) is 3.86. The van der Waals surface area contributed by atoms with E-state index in [0.29, 0.717) is 0 Å². The highest BCUT2D eigenvalue weighted by Crippen LogP contribution is 2.31. The average molecular weight is 214 g/mol. The number of phenolic OH excluding ortho intramolecular Hbond substituents is 2. The Morgan fingerprint density at radius 3 is 2.31 bits per heavy atom. The fraction of sp³-hybridized carbons (Fsp3) is 0.143. The second kappa shape index (κ2) is 3.89. The van der Waals surface area contributed by atoms with Gasteiger partial charge in [-0.25, -0.2) is 0 Å². The molecule has 0 amide bonds. The quantitative estimate of drug-likeness (QED) is 0.764. The maximum absolute atomic E-state index is 9.69. The van der Waals surface area contributed by atoms with Crippen LogP contribution in [-0.2, 0) is 0 Å². The van der Waals surface area contributed by atoms with Crippen LogP contribution in [0.4, 0.5) is 0 Å². The summed E-state index contributed by atoms with van der Waals surface area (Å²) in [5, 5.41) is 19.1. The number of rotatable bonds is 1. The van der Waals surface area contributed by atoms with Gasteiger partial charge >= 0.3 is 0 Å². The van der Waals surface area contributed by atoms with Crippen molar-refractivity contribution in [3.8, 4) is 22.6 Å². The highest BCUT2D eigenvalue weighted by molar-refractivity contribution is 5.70. The van der Waals surface area contributed by atoms with E-state index in [2.05, 4.69) is 0 Å². The molecule has 2 aromatic rings. The summed E-state index contributed by atoms with van der Waals surface area (Å²) < 4.78 is 0. The van der Waals surface area contributed by atoms with Gasteiger partial charge in [-0.1, -0.05) is 18.2 Å². The Morgan fingerprint density at radius 2 is 1.62 bits per heavy atom. The number of hydrogen-bond acceptors (Lipinski definition) is 2. The molecule has 0 spiro atoms. The zero-order chi connectivity index (χ0) is 11.7. The van der Waals surface area contributed by atoms with E-state index in [0.717, 1.165) is 22.3 Å². The third-order valence-corrected chi connectivity index (χ3v) is 2.70. The highest BCUT2D eigenvalue weighted by Gasteiger charge is 2.06. The Morgan fingerprint density at radius 1 is 0.875 bits per heavy atom. The van der Waals surface area contributed by atoms with Crippen molar-refractivity contribution in [2.75, 3.05) is 0 Å². The first-order chi connectivity index (χ1) is 7.58. The van der Waals surface area contributed by atoms with Crippen molar-refractivity contribution in [1.82, 2.24) is 0 Å². The topological polar surface area (TPSA) is 40.5 Å². The van der Waals surface area contributed by atoms with Crippen LogP contribution in [0.25, 0.3) is 11.1 Å². The van der Waals surface area contributed by atoms with Crippen molar-refractivity contribution in [2.45, 2.75) is 13.8 Å². The predicted molar refractivity (Wildman–Crippen MR) is 64.7 cm³/mol. The summed E-state index contributed by atoms with van der Waals surface area (Å²) in [5.41, 5.74) is 3.80. The molecule has 0 radical (unpaired) electrons. The van der Waals surface area contributed by atoms with Crippen LogP contribution in [0.15, 0.2) is 36.4 Å². The van der Waals surface area contributed by atoms with Crippen LogP contribution in [-0.4, -0.2) is 10.2 Å². The van der Waals surface area contributed by atoms with E-state index in [1.54, 1.807) is 24.3 Å². The average Bonchev–Trinajstić information content (AvgIpc) is 2.23. The standard InChI is InChI=1S/C14H14O2/c1-9-6-10(2)14(16)8-13(9)11-4-3-5-12(15)7-11/h3-8,15-16H,1-2H3. The Balaban J connectivity index is 2.60. The summed E-state index contributed by atoms with van der Waals surface area (Å²) in [4.78, 5) is 0. The summed E-state index contributed by atoms with van der Waals surface area (Å²) in [7, 11) is 0. The molecule has 0 aromatic heterocycles. The van der Waals surface area contributed by atoms with Gasteiger partial charge in [0.15, 0.2) is 0 Å². The number of aromatic hydroxyl groups is 2. The second-order valence-corrected chi connectivity index (χ2v) is 4.00. The van der Waals surface area contributed by atoms with Crippen molar-refractivity contribution >= 4 is 0 Å². The van der Waals surface area contributed by atoms with E-state index in [4.69, 9.17) is 0 Å². The molecule has 0 unspecified atom stereocenters.